The van der Waals surface area contributed by atoms with Gasteiger partial charge in [-0.25, -0.2) is 13.1 Å². The quantitative estimate of drug-likeness (QED) is 0.831. The van der Waals surface area contributed by atoms with E-state index >= 15 is 0 Å². The minimum absolute atomic E-state index is 0.294. The van der Waals surface area contributed by atoms with Crippen LogP contribution in [0.2, 0.25) is 0 Å². The number of benzene rings is 2. The number of hydrogen-bond donors (Lipinski definition) is 1. The minimum atomic E-state index is -3.43. The van der Waals surface area contributed by atoms with Gasteiger partial charge in [-0.05, 0) is 38.0 Å². The maximum absolute atomic E-state index is 12.1. The lowest BCUT2D eigenvalue weighted by Crippen LogP contribution is -2.23. The van der Waals surface area contributed by atoms with Crippen molar-refractivity contribution in [1.29, 1.82) is 0 Å². The van der Waals surface area contributed by atoms with Crippen molar-refractivity contribution in [1.82, 2.24) is 4.72 Å². The molecule has 0 saturated carbocycles. The van der Waals surface area contributed by atoms with Crippen molar-refractivity contribution in [3.05, 3.63) is 77.4 Å². The third kappa shape index (κ3) is 4.83. The highest BCUT2D eigenvalue weighted by atomic mass is 32.2. The van der Waals surface area contributed by atoms with Crippen LogP contribution in [-0.2, 0) is 16.4 Å². The van der Waals surface area contributed by atoms with Crippen molar-refractivity contribution in [2.24, 2.45) is 0 Å². The van der Waals surface area contributed by atoms with Crippen LogP contribution >= 0.6 is 0 Å². The van der Waals surface area contributed by atoms with Crippen molar-refractivity contribution < 1.29 is 8.42 Å². The zero-order valence-corrected chi connectivity index (χ0v) is 13.7. The second-order valence-electron chi connectivity index (χ2n) is 5.33. The van der Waals surface area contributed by atoms with Gasteiger partial charge in [0.05, 0.1) is 4.90 Å². The van der Waals surface area contributed by atoms with E-state index in [1.165, 1.54) is 11.1 Å². The SMILES string of the molecule is Cc1ccc(C/C=C\CNS(=O)(=O)c2ccc(C)cc2)cc1. The summed E-state index contributed by atoms with van der Waals surface area (Å²) in [4.78, 5) is 0.296. The fourth-order valence-corrected chi connectivity index (χ4v) is 2.96. The molecule has 3 nitrogen and oxygen atoms in total. The molecule has 0 heterocycles. The largest absolute Gasteiger partial charge is 0.240 e. The van der Waals surface area contributed by atoms with E-state index in [0.29, 0.717) is 11.4 Å². The van der Waals surface area contributed by atoms with Gasteiger partial charge < -0.3 is 0 Å². The fourth-order valence-electron chi connectivity index (χ4n) is 1.99. The average Bonchev–Trinajstić information content (AvgIpc) is 2.49. The normalized spacial score (nSPS) is 11.9. The van der Waals surface area contributed by atoms with Crippen LogP contribution in [0.3, 0.4) is 0 Å². The molecule has 4 heteroatoms. The number of rotatable bonds is 6. The molecule has 2 aromatic rings. The summed E-state index contributed by atoms with van der Waals surface area (Å²) >= 11 is 0. The van der Waals surface area contributed by atoms with Gasteiger partial charge in [-0.15, -0.1) is 0 Å². The molecule has 0 radical (unpaired) electrons. The number of sulfonamides is 1. The van der Waals surface area contributed by atoms with Crippen LogP contribution in [0.25, 0.3) is 0 Å². The van der Waals surface area contributed by atoms with Crippen LogP contribution in [0.1, 0.15) is 16.7 Å². The summed E-state index contributed by atoms with van der Waals surface area (Å²) in [6, 6.07) is 15.1. The summed E-state index contributed by atoms with van der Waals surface area (Å²) in [5, 5.41) is 0. The maximum Gasteiger partial charge on any atom is 0.240 e. The van der Waals surface area contributed by atoms with E-state index < -0.39 is 10.0 Å². The molecule has 116 valence electrons. The van der Waals surface area contributed by atoms with Gasteiger partial charge in [-0.3, -0.25) is 0 Å². The van der Waals surface area contributed by atoms with Gasteiger partial charge in [0.1, 0.15) is 0 Å². The number of hydrogen-bond acceptors (Lipinski definition) is 2. The summed E-state index contributed by atoms with van der Waals surface area (Å²) in [5.41, 5.74) is 3.48. The maximum atomic E-state index is 12.1. The standard InChI is InChI=1S/C18H21NO2S/c1-15-6-10-17(11-7-15)5-3-4-14-19-22(20,21)18-12-8-16(2)9-13-18/h3-4,6-13,19H,5,14H2,1-2H3/b4-3-. The van der Waals surface area contributed by atoms with Crippen LogP contribution in [0, 0.1) is 13.8 Å². The number of allylic oxidation sites excluding steroid dienone is 1. The summed E-state index contributed by atoms with van der Waals surface area (Å²) in [6.45, 7) is 4.28. The second-order valence-corrected chi connectivity index (χ2v) is 7.09. The molecule has 0 spiro atoms. The lowest BCUT2D eigenvalue weighted by atomic mass is 10.1. The average molecular weight is 315 g/mol. The van der Waals surface area contributed by atoms with Crippen molar-refractivity contribution in [2.75, 3.05) is 6.54 Å². The Bertz CT molecular complexity index is 730. The van der Waals surface area contributed by atoms with Gasteiger partial charge in [-0.2, -0.15) is 0 Å². The number of aryl methyl sites for hydroxylation is 2. The molecule has 1 N–H and O–H groups in total. The molecule has 0 fully saturated rings. The van der Waals surface area contributed by atoms with E-state index in [1.807, 2.05) is 19.1 Å². The Morgan fingerprint density at radius 1 is 0.864 bits per heavy atom. The highest BCUT2D eigenvalue weighted by molar-refractivity contribution is 7.89. The van der Waals surface area contributed by atoms with Gasteiger partial charge in [0, 0.05) is 6.54 Å². The van der Waals surface area contributed by atoms with Gasteiger partial charge in [-0.1, -0.05) is 59.7 Å². The highest BCUT2D eigenvalue weighted by Crippen LogP contribution is 2.09. The summed E-state index contributed by atoms with van der Waals surface area (Å²) in [6.07, 6.45) is 4.61. The van der Waals surface area contributed by atoms with Gasteiger partial charge >= 0.3 is 0 Å². The molecule has 0 aliphatic rings. The molecule has 22 heavy (non-hydrogen) atoms. The van der Waals surface area contributed by atoms with Crippen LogP contribution < -0.4 is 4.72 Å². The molecular formula is C18H21NO2S. The van der Waals surface area contributed by atoms with Crippen molar-refractivity contribution in [2.45, 2.75) is 25.2 Å². The summed E-state index contributed by atoms with van der Waals surface area (Å²) in [7, 11) is -3.43. The fraction of sp³-hybridized carbons (Fsp3) is 0.222. The van der Waals surface area contributed by atoms with Crippen LogP contribution in [0.4, 0.5) is 0 Å². The molecule has 0 saturated heterocycles. The van der Waals surface area contributed by atoms with Gasteiger partial charge in [0.25, 0.3) is 0 Å². The lowest BCUT2D eigenvalue weighted by molar-refractivity contribution is 0.585. The zero-order chi connectivity index (χ0) is 16.0. The molecule has 0 atom stereocenters. The lowest BCUT2D eigenvalue weighted by Gasteiger charge is -2.04. The van der Waals surface area contributed by atoms with E-state index in [9.17, 15) is 8.42 Å². The molecule has 0 bridgehead atoms. The van der Waals surface area contributed by atoms with Gasteiger partial charge in [0.15, 0.2) is 0 Å². The second kappa shape index (κ2) is 7.38. The van der Waals surface area contributed by atoms with Gasteiger partial charge in [0.2, 0.25) is 10.0 Å². The van der Waals surface area contributed by atoms with E-state index in [4.69, 9.17) is 0 Å². The van der Waals surface area contributed by atoms with Crippen molar-refractivity contribution >= 4 is 10.0 Å². The first kappa shape index (κ1) is 16.5. The Kier molecular flexibility index (Phi) is 5.52. The Morgan fingerprint density at radius 3 is 2.00 bits per heavy atom. The van der Waals surface area contributed by atoms with E-state index in [2.05, 4.69) is 35.9 Å². The molecule has 2 rings (SSSR count). The molecule has 0 aromatic heterocycles. The molecule has 0 amide bonds. The Labute approximate surface area is 132 Å². The topological polar surface area (TPSA) is 46.2 Å². The van der Waals surface area contributed by atoms with Crippen molar-refractivity contribution in [3.8, 4) is 0 Å². The third-order valence-corrected chi connectivity index (χ3v) is 4.80. The zero-order valence-electron chi connectivity index (χ0n) is 12.9. The summed E-state index contributed by atoms with van der Waals surface area (Å²) in [5.74, 6) is 0. The third-order valence-electron chi connectivity index (χ3n) is 3.36. The Balaban J connectivity index is 1.86. The first-order chi connectivity index (χ1) is 10.5. The highest BCUT2D eigenvalue weighted by Gasteiger charge is 2.11. The number of nitrogens with one attached hydrogen (secondary N) is 1. The Morgan fingerprint density at radius 2 is 1.41 bits per heavy atom. The monoisotopic (exact) mass is 315 g/mol. The first-order valence-electron chi connectivity index (χ1n) is 7.24. The minimum Gasteiger partial charge on any atom is -0.207 e. The predicted octanol–water partition coefficient (Wildman–Crippen LogP) is 3.38. The molecule has 0 unspecified atom stereocenters. The van der Waals surface area contributed by atoms with E-state index in [0.717, 1.165) is 12.0 Å². The Hall–Kier alpha value is -1.91. The van der Waals surface area contributed by atoms with E-state index in [1.54, 1.807) is 24.3 Å². The van der Waals surface area contributed by atoms with Crippen LogP contribution in [0.5, 0.6) is 0 Å². The smallest absolute Gasteiger partial charge is 0.207 e. The van der Waals surface area contributed by atoms with Crippen LogP contribution in [-0.4, -0.2) is 15.0 Å². The van der Waals surface area contributed by atoms with Crippen LogP contribution in [0.15, 0.2) is 65.6 Å². The first-order valence-corrected chi connectivity index (χ1v) is 8.72. The molecule has 0 aliphatic heterocycles. The predicted molar refractivity (Wildman–Crippen MR) is 90.4 cm³/mol. The van der Waals surface area contributed by atoms with E-state index in [-0.39, 0.29) is 0 Å². The van der Waals surface area contributed by atoms with Crippen molar-refractivity contribution in [3.63, 3.8) is 0 Å². The molecule has 2 aromatic carbocycles. The molecule has 0 aliphatic carbocycles. The molecular weight excluding hydrogens is 294 g/mol. The summed E-state index contributed by atoms with van der Waals surface area (Å²) < 4.78 is 26.7.